The van der Waals surface area contributed by atoms with Crippen LogP contribution in [0.25, 0.3) is 0 Å². The number of rotatable bonds is 8. The number of ether oxygens (including phenoxy) is 1. The van der Waals surface area contributed by atoms with Crippen molar-refractivity contribution in [3.05, 3.63) is 69.8 Å². The molecule has 1 fully saturated rings. The van der Waals surface area contributed by atoms with E-state index in [2.05, 4.69) is 24.1 Å². The molecule has 0 radical (unpaired) electrons. The van der Waals surface area contributed by atoms with Crippen LogP contribution in [-0.2, 0) is 4.74 Å². The van der Waals surface area contributed by atoms with E-state index in [1.54, 1.807) is 36.4 Å². The molecule has 1 heterocycles. The zero-order valence-electron chi connectivity index (χ0n) is 16.8. The van der Waals surface area contributed by atoms with Gasteiger partial charge in [-0.1, -0.05) is 30.3 Å². The number of anilines is 1. The topological polar surface area (TPSA) is 84.7 Å². The number of hydrogen-bond donors (Lipinski definition) is 1. The average Bonchev–Trinajstić information content (AvgIpc) is 2.70. The van der Waals surface area contributed by atoms with Crippen molar-refractivity contribution >= 4 is 17.2 Å². The van der Waals surface area contributed by atoms with E-state index in [9.17, 15) is 14.9 Å². The summed E-state index contributed by atoms with van der Waals surface area (Å²) in [6.07, 6.45) is 1.31. The van der Waals surface area contributed by atoms with E-state index in [1.165, 1.54) is 6.07 Å². The highest BCUT2D eigenvalue weighted by atomic mass is 16.6. The van der Waals surface area contributed by atoms with Gasteiger partial charge in [-0.05, 0) is 32.4 Å². The van der Waals surface area contributed by atoms with Gasteiger partial charge in [0.05, 0.1) is 17.1 Å². The van der Waals surface area contributed by atoms with Gasteiger partial charge in [0, 0.05) is 43.4 Å². The van der Waals surface area contributed by atoms with Crippen molar-refractivity contribution in [3.8, 4) is 0 Å². The number of benzene rings is 2. The van der Waals surface area contributed by atoms with Crippen LogP contribution in [-0.4, -0.2) is 54.0 Å². The predicted octanol–water partition coefficient (Wildman–Crippen LogP) is 3.74. The van der Waals surface area contributed by atoms with Gasteiger partial charge in [0.15, 0.2) is 5.78 Å². The van der Waals surface area contributed by atoms with Crippen LogP contribution < -0.4 is 5.32 Å². The molecule has 2 atom stereocenters. The summed E-state index contributed by atoms with van der Waals surface area (Å²) in [5, 5.41) is 14.7. The average molecular weight is 397 g/mol. The number of carbonyl (C=O) groups is 1. The number of nitrogens with zero attached hydrogens (tertiary/aromatic N) is 2. The van der Waals surface area contributed by atoms with Gasteiger partial charge in [-0.15, -0.1) is 0 Å². The largest absolute Gasteiger partial charge is 0.379 e. The van der Waals surface area contributed by atoms with E-state index in [1.807, 2.05) is 6.07 Å². The molecule has 2 aromatic rings. The summed E-state index contributed by atoms with van der Waals surface area (Å²) in [7, 11) is 0. The summed E-state index contributed by atoms with van der Waals surface area (Å²) in [5.41, 5.74) is 1.17. The molecule has 2 aromatic carbocycles. The molecule has 2 unspecified atom stereocenters. The second kappa shape index (κ2) is 9.62. The van der Waals surface area contributed by atoms with Crippen molar-refractivity contribution in [2.24, 2.45) is 0 Å². The lowest BCUT2D eigenvalue weighted by Gasteiger charge is -2.35. The molecule has 1 saturated heterocycles. The minimum absolute atomic E-state index is 0.0830. The third-order valence-electron chi connectivity index (χ3n) is 4.95. The van der Waals surface area contributed by atoms with E-state index in [4.69, 9.17) is 4.74 Å². The highest BCUT2D eigenvalue weighted by Crippen LogP contribution is 2.27. The molecule has 1 aliphatic heterocycles. The fourth-order valence-electron chi connectivity index (χ4n) is 3.72. The van der Waals surface area contributed by atoms with Crippen LogP contribution >= 0.6 is 0 Å². The van der Waals surface area contributed by atoms with Gasteiger partial charge in [0.25, 0.3) is 5.69 Å². The minimum atomic E-state index is -0.449. The van der Waals surface area contributed by atoms with Gasteiger partial charge in [0.1, 0.15) is 5.69 Å². The molecule has 0 amide bonds. The minimum Gasteiger partial charge on any atom is -0.379 e. The number of nitrogens with one attached hydrogen (secondary N) is 1. The molecule has 1 N–H and O–H groups in total. The Bertz CT molecular complexity index is 846. The van der Waals surface area contributed by atoms with Crippen LogP contribution in [0.1, 0.15) is 36.2 Å². The first kappa shape index (κ1) is 21.0. The van der Waals surface area contributed by atoms with Crippen LogP contribution in [0.4, 0.5) is 11.4 Å². The van der Waals surface area contributed by atoms with Crippen molar-refractivity contribution in [2.45, 2.75) is 32.5 Å². The van der Waals surface area contributed by atoms with E-state index in [0.717, 1.165) is 26.1 Å². The first-order chi connectivity index (χ1) is 13.9. The summed E-state index contributed by atoms with van der Waals surface area (Å²) in [6.45, 7) is 7.48. The molecule has 29 heavy (non-hydrogen) atoms. The summed E-state index contributed by atoms with van der Waals surface area (Å²) in [5.74, 6) is -0.226. The number of nitro groups is 1. The standard InChI is InChI=1S/C22H27N3O4/c1-16-14-24(15-17(2)29-16)12-6-11-23-20-10-9-19(13-21(20)25(27)28)22(26)18-7-4-3-5-8-18/h3-5,7-10,13,16-17,23H,6,11-12,14-15H2,1-2H3. The van der Waals surface area contributed by atoms with Crippen LogP contribution in [0.5, 0.6) is 0 Å². The number of ketones is 1. The summed E-state index contributed by atoms with van der Waals surface area (Å²) in [4.78, 5) is 26.0. The van der Waals surface area contributed by atoms with Crippen molar-refractivity contribution in [1.82, 2.24) is 4.90 Å². The first-order valence-corrected chi connectivity index (χ1v) is 9.94. The molecule has 7 nitrogen and oxygen atoms in total. The van der Waals surface area contributed by atoms with Gasteiger partial charge in [0.2, 0.25) is 0 Å². The lowest BCUT2D eigenvalue weighted by Crippen LogP contribution is -2.45. The second-order valence-electron chi connectivity index (χ2n) is 7.48. The van der Waals surface area contributed by atoms with Gasteiger partial charge in [-0.3, -0.25) is 19.8 Å². The number of morpholine rings is 1. The van der Waals surface area contributed by atoms with E-state index >= 15 is 0 Å². The Kier molecular flexibility index (Phi) is 6.95. The summed E-state index contributed by atoms with van der Waals surface area (Å²) < 4.78 is 5.74. The van der Waals surface area contributed by atoms with Crippen LogP contribution in [0.3, 0.4) is 0 Å². The summed E-state index contributed by atoms with van der Waals surface area (Å²) in [6, 6.07) is 13.4. The van der Waals surface area contributed by atoms with Crippen molar-refractivity contribution in [2.75, 3.05) is 31.5 Å². The molecule has 0 spiro atoms. The quantitative estimate of drug-likeness (QED) is 0.316. The Hall–Kier alpha value is -2.77. The highest BCUT2D eigenvalue weighted by Gasteiger charge is 2.22. The smallest absolute Gasteiger partial charge is 0.293 e. The van der Waals surface area contributed by atoms with Crippen molar-refractivity contribution in [3.63, 3.8) is 0 Å². The molecule has 7 heteroatoms. The third kappa shape index (κ3) is 5.62. The maximum atomic E-state index is 12.6. The van der Waals surface area contributed by atoms with Crippen molar-refractivity contribution in [1.29, 1.82) is 0 Å². The Labute approximate surface area is 170 Å². The molecule has 1 aliphatic rings. The van der Waals surface area contributed by atoms with Gasteiger partial charge in [-0.25, -0.2) is 0 Å². The number of hydrogen-bond acceptors (Lipinski definition) is 6. The summed E-state index contributed by atoms with van der Waals surface area (Å²) >= 11 is 0. The third-order valence-corrected chi connectivity index (χ3v) is 4.95. The molecule has 154 valence electrons. The molecule has 0 saturated carbocycles. The Morgan fingerprint density at radius 1 is 1.14 bits per heavy atom. The predicted molar refractivity (Wildman–Crippen MR) is 113 cm³/mol. The second-order valence-corrected chi connectivity index (χ2v) is 7.48. The normalized spacial score (nSPS) is 19.7. The van der Waals surface area contributed by atoms with Crippen LogP contribution in [0.2, 0.25) is 0 Å². The van der Waals surface area contributed by atoms with E-state index < -0.39 is 4.92 Å². The number of nitro benzene ring substituents is 1. The van der Waals surface area contributed by atoms with Gasteiger partial charge < -0.3 is 10.1 Å². The number of carbonyl (C=O) groups excluding carboxylic acids is 1. The zero-order valence-corrected chi connectivity index (χ0v) is 16.8. The van der Waals surface area contributed by atoms with E-state index in [0.29, 0.717) is 23.4 Å². The Morgan fingerprint density at radius 3 is 2.48 bits per heavy atom. The Balaban J connectivity index is 1.61. The molecule has 0 aromatic heterocycles. The fraction of sp³-hybridized carbons (Fsp3) is 0.409. The first-order valence-electron chi connectivity index (χ1n) is 9.94. The maximum Gasteiger partial charge on any atom is 0.293 e. The molecule has 3 rings (SSSR count). The molecule has 0 aliphatic carbocycles. The van der Waals surface area contributed by atoms with Crippen LogP contribution in [0.15, 0.2) is 48.5 Å². The van der Waals surface area contributed by atoms with Crippen molar-refractivity contribution < 1.29 is 14.5 Å². The van der Waals surface area contributed by atoms with Gasteiger partial charge >= 0.3 is 0 Å². The fourth-order valence-corrected chi connectivity index (χ4v) is 3.72. The lowest BCUT2D eigenvalue weighted by atomic mass is 10.0. The van der Waals surface area contributed by atoms with E-state index in [-0.39, 0.29) is 23.7 Å². The molecular formula is C22H27N3O4. The maximum absolute atomic E-state index is 12.6. The zero-order chi connectivity index (χ0) is 20.8. The monoisotopic (exact) mass is 397 g/mol. The Morgan fingerprint density at radius 2 is 1.83 bits per heavy atom. The highest BCUT2D eigenvalue weighted by molar-refractivity contribution is 6.09. The SMILES string of the molecule is CC1CN(CCCNc2ccc(C(=O)c3ccccc3)cc2[N+](=O)[O-])CC(C)O1. The van der Waals surface area contributed by atoms with Gasteiger partial charge in [-0.2, -0.15) is 0 Å². The van der Waals surface area contributed by atoms with Crippen LogP contribution in [0, 0.1) is 10.1 Å². The molecular weight excluding hydrogens is 370 g/mol. The lowest BCUT2D eigenvalue weighted by molar-refractivity contribution is -0.384. The molecule has 0 bridgehead atoms.